The van der Waals surface area contributed by atoms with Gasteiger partial charge in [0.05, 0.1) is 15.8 Å². The minimum Gasteiger partial charge on any atom is -0.351 e. The predicted molar refractivity (Wildman–Crippen MR) is 157 cm³/mol. The highest BCUT2D eigenvalue weighted by Crippen LogP contribution is 2.53. The van der Waals surface area contributed by atoms with Crippen molar-refractivity contribution in [2.75, 3.05) is 5.32 Å². The van der Waals surface area contributed by atoms with Gasteiger partial charge in [0.25, 0.3) is 5.91 Å². The molecule has 3 aromatic rings. The number of hydrogen-bond acceptors (Lipinski definition) is 9. The molecular weight excluding hydrogens is 603 g/mol. The largest absolute Gasteiger partial charge is 0.351 e. The van der Waals surface area contributed by atoms with Crippen molar-refractivity contribution in [3.63, 3.8) is 0 Å². The number of nitrogens with two attached hydrogens (primary N) is 2. The first-order chi connectivity index (χ1) is 19.6. The summed E-state index contributed by atoms with van der Waals surface area (Å²) in [5.41, 5.74) is 7.24. The van der Waals surface area contributed by atoms with Gasteiger partial charge >= 0.3 is 10.9 Å². The molecule has 12 nitrogen and oxygen atoms in total. The number of carbonyl (C=O) groups is 4. The standard InChI is InChI=1S/C27H27N5O7S3/c1-27(2,3)14-6-4-13(5-7-14)18-19-20(23(35)32(22(19)34)25(28)36)40-24-21(18)41-26(37)31(24)12-17(33)30-15-8-10-16(11-9-15)42(29,38)39/h4-11,18-20H,12H2,1-3H3,(H2,28,36)(H,30,33)(H2,29,38,39)/t18-,19+,20-/m0/s1. The fourth-order valence-electron chi connectivity index (χ4n) is 5.09. The van der Waals surface area contributed by atoms with Crippen molar-refractivity contribution in [1.82, 2.24) is 9.47 Å². The number of likely N-dealkylation sites (tertiary alicyclic amines) is 1. The third-order valence-electron chi connectivity index (χ3n) is 7.17. The summed E-state index contributed by atoms with van der Waals surface area (Å²) >= 11 is 1.83. The lowest BCUT2D eigenvalue weighted by Gasteiger charge is -2.31. The van der Waals surface area contributed by atoms with Gasteiger partial charge in [0.1, 0.15) is 11.8 Å². The van der Waals surface area contributed by atoms with E-state index in [4.69, 9.17) is 10.9 Å². The number of aromatic nitrogens is 1. The number of sulfonamides is 1. The Labute approximate surface area is 249 Å². The van der Waals surface area contributed by atoms with E-state index >= 15 is 0 Å². The maximum atomic E-state index is 13.4. The molecule has 2 aromatic carbocycles. The first-order valence-electron chi connectivity index (χ1n) is 12.7. The Morgan fingerprint density at radius 2 is 1.60 bits per heavy atom. The molecule has 2 aliphatic rings. The van der Waals surface area contributed by atoms with Gasteiger partial charge in [-0.05, 0) is 40.8 Å². The molecule has 2 aliphatic heterocycles. The number of rotatable bonds is 5. The van der Waals surface area contributed by atoms with E-state index in [1.807, 2.05) is 24.3 Å². The summed E-state index contributed by atoms with van der Waals surface area (Å²) in [5.74, 6) is -3.78. The molecule has 0 radical (unpaired) electrons. The van der Waals surface area contributed by atoms with Gasteiger partial charge in [-0.3, -0.25) is 23.7 Å². The van der Waals surface area contributed by atoms with Crippen molar-refractivity contribution in [2.24, 2.45) is 16.8 Å². The Kier molecular flexibility index (Phi) is 7.41. The lowest BCUT2D eigenvalue weighted by atomic mass is 9.81. The van der Waals surface area contributed by atoms with Crippen molar-refractivity contribution in [3.05, 3.63) is 74.2 Å². The lowest BCUT2D eigenvalue weighted by Crippen LogP contribution is -2.41. The van der Waals surface area contributed by atoms with Gasteiger partial charge in [-0.15, -0.1) is 0 Å². The molecule has 3 heterocycles. The fourth-order valence-corrected chi connectivity index (χ4v) is 8.38. The van der Waals surface area contributed by atoms with Crippen molar-refractivity contribution in [1.29, 1.82) is 0 Å². The Bertz CT molecular complexity index is 1790. The number of nitrogens with zero attached hydrogens (tertiary/aromatic N) is 2. The Hall–Kier alpha value is -3.79. The lowest BCUT2D eigenvalue weighted by molar-refractivity contribution is -0.135. The number of carbonyl (C=O) groups excluding carboxylic acids is 4. The number of imide groups is 3. The van der Waals surface area contributed by atoms with Gasteiger partial charge in [-0.2, -0.15) is 4.90 Å². The summed E-state index contributed by atoms with van der Waals surface area (Å²) in [6, 6.07) is 11.6. The van der Waals surface area contributed by atoms with Crippen molar-refractivity contribution < 1.29 is 27.6 Å². The number of benzene rings is 2. The first kappa shape index (κ1) is 29.7. The molecule has 0 spiro atoms. The highest BCUT2D eigenvalue weighted by atomic mass is 32.2. The molecule has 0 saturated carbocycles. The van der Waals surface area contributed by atoms with Crippen molar-refractivity contribution in [2.45, 2.75) is 53.8 Å². The fraction of sp³-hybridized carbons (Fsp3) is 0.296. The smallest absolute Gasteiger partial charge is 0.328 e. The number of fused-ring (bicyclic) bond motifs is 2. The highest BCUT2D eigenvalue weighted by Gasteiger charge is 2.57. The normalized spacial score (nSPS) is 20.3. The molecule has 0 unspecified atom stereocenters. The van der Waals surface area contributed by atoms with Crippen LogP contribution in [-0.2, 0) is 36.4 Å². The molecule has 1 saturated heterocycles. The third-order valence-corrected chi connectivity index (χ3v) is 10.7. The minimum absolute atomic E-state index is 0.128. The van der Waals surface area contributed by atoms with Gasteiger partial charge in [0.15, 0.2) is 0 Å². The average Bonchev–Trinajstić information content (AvgIpc) is 3.34. The molecule has 15 heteroatoms. The van der Waals surface area contributed by atoms with Crippen LogP contribution in [-0.4, -0.2) is 46.9 Å². The molecule has 5 N–H and O–H groups in total. The van der Waals surface area contributed by atoms with Crippen LogP contribution in [0, 0.1) is 5.92 Å². The Morgan fingerprint density at radius 3 is 2.14 bits per heavy atom. The average molecular weight is 630 g/mol. The van der Waals surface area contributed by atoms with E-state index in [-0.39, 0.29) is 16.0 Å². The van der Waals surface area contributed by atoms with E-state index < -0.39 is 62.3 Å². The zero-order valence-electron chi connectivity index (χ0n) is 22.7. The van der Waals surface area contributed by atoms with Crippen LogP contribution in [0.25, 0.3) is 0 Å². The van der Waals surface area contributed by atoms with Gasteiger partial charge in [-0.25, -0.2) is 18.4 Å². The number of primary sulfonamides is 1. The molecule has 3 atom stereocenters. The summed E-state index contributed by atoms with van der Waals surface area (Å²) in [6.45, 7) is 5.76. The second-order valence-electron chi connectivity index (χ2n) is 11.0. The highest BCUT2D eigenvalue weighted by molar-refractivity contribution is 8.00. The summed E-state index contributed by atoms with van der Waals surface area (Å²) in [6.07, 6.45) is 0. The number of urea groups is 1. The van der Waals surface area contributed by atoms with E-state index in [1.54, 1.807) is 0 Å². The van der Waals surface area contributed by atoms with Crippen molar-refractivity contribution >= 4 is 62.6 Å². The summed E-state index contributed by atoms with van der Waals surface area (Å²) < 4.78 is 24.2. The quantitative estimate of drug-likeness (QED) is 0.358. The van der Waals surface area contributed by atoms with E-state index in [9.17, 15) is 32.4 Å². The van der Waals surface area contributed by atoms with E-state index in [2.05, 4.69) is 26.1 Å². The number of primary amides is 1. The second kappa shape index (κ2) is 10.5. The van der Waals surface area contributed by atoms with Crippen LogP contribution in [0.2, 0.25) is 0 Å². The van der Waals surface area contributed by atoms with E-state index in [0.717, 1.165) is 28.7 Å². The van der Waals surface area contributed by atoms with Crippen LogP contribution in [0.4, 0.5) is 10.5 Å². The monoisotopic (exact) mass is 629 g/mol. The Morgan fingerprint density at radius 1 is 0.976 bits per heavy atom. The van der Waals surface area contributed by atoms with Gasteiger partial charge in [0, 0.05) is 16.5 Å². The van der Waals surface area contributed by atoms with Crippen LogP contribution in [0.15, 0.2) is 63.2 Å². The molecular formula is C27H27N5O7S3. The molecule has 5 rings (SSSR count). The second-order valence-corrected chi connectivity index (χ2v) is 14.7. The number of thioether (sulfide) groups is 1. The SMILES string of the molecule is CC(C)(C)c1ccc([C@@H]2c3sc(=O)n(CC(=O)Nc4ccc(S(N)(=O)=O)cc4)c3S[C@@H]3C(=O)N(C(N)=O)C(=O)[C@H]23)cc1. The number of nitrogens with one attached hydrogen (secondary N) is 1. The van der Waals surface area contributed by atoms with Gasteiger partial charge in [-0.1, -0.05) is 68.1 Å². The minimum atomic E-state index is -3.91. The zero-order valence-corrected chi connectivity index (χ0v) is 25.1. The molecule has 0 aliphatic carbocycles. The van der Waals surface area contributed by atoms with Crippen LogP contribution in [0.5, 0.6) is 0 Å². The zero-order chi connectivity index (χ0) is 30.7. The summed E-state index contributed by atoms with van der Waals surface area (Å²) in [5, 5.41) is 7.04. The van der Waals surface area contributed by atoms with Crippen molar-refractivity contribution in [3.8, 4) is 0 Å². The topological polar surface area (TPSA) is 192 Å². The number of amides is 5. The van der Waals surface area contributed by atoms with Crippen LogP contribution in [0.3, 0.4) is 0 Å². The van der Waals surface area contributed by atoms with Crippen LogP contribution < -0.4 is 21.1 Å². The van der Waals surface area contributed by atoms with E-state index in [0.29, 0.717) is 20.4 Å². The Balaban J connectivity index is 1.52. The van der Waals surface area contributed by atoms with Gasteiger partial charge in [0.2, 0.25) is 21.8 Å². The maximum absolute atomic E-state index is 13.4. The molecule has 220 valence electrons. The van der Waals surface area contributed by atoms with E-state index in [1.165, 1.54) is 28.8 Å². The number of anilines is 1. The van der Waals surface area contributed by atoms with Crippen LogP contribution >= 0.6 is 23.1 Å². The molecule has 5 amide bonds. The first-order valence-corrected chi connectivity index (χ1v) is 15.9. The third kappa shape index (κ3) is 5.28. The number of thiazole rings is 1. The van der Waals surface area contributed by atoms with Gasteiger partial charge < -0.3 is 11.1 Å². The summed E-state index contributed by atoms with van der Waals surface area (Å²) in [7, 11) is -3.91. The maximum Gasteiger partial charge on any atom is 0.328 e. The number of hydrogen-bond donors (Lipinski definition) is 3. The molecule has 42 heavy (non-hydrogen) atoms. The molecule has 1 fully saturated rings. The molecule has 0 bridgehead atoms. The predicted octanol–water partition coefficient (Wildman–Crippen LogP) is 2.16. The van der Waals surface area contributed by atoms with Crippen LogP contribution in [0.1, 0.15) is 42.7 Å². The molecule has 1 aromatic heterocycles. The summed E-state index contributed by atoms with van der Waals surface area (Å²) in [4.78, 5) is 65.2.